The molecule has 0 aliphatic carbocycles. The zero-order valence-corrected chi connectivity index (χ0v) is 19.9. The summed E-state index contributed by atoms with van der Waals surface area (Å²) >= 11 is 8.52. The second-order valence-electron chi connectivity index (χ2n) is 7.40. The third kappa shape index (κ3) is 5.71. The van der Waals surface area contributed by atoms with Gasteiger partial charge in [-0.2, -0.15) is 0 Å². The van der Waals surface area contributed by atoms with E-state index < -0.39 is 17.0 Å². The molecule has 2 aliphatic rings. The molecule has 2 aromatic heterocycles. The van der Waals surface area contributed by atoms with Gasteiger partial charge in [0.1, 0.15) is 25.6 Å². The Hall–Kier alpha value is -1.37. The van der Waals surface area contributed by atoms with Gasteiger partial charge < -0.3 is 15.0 Å². The summed E-state index contributed by atoms with van der Waals surface area (Å²) in [5.74, 6) is -0.158. The van der Waals surface area contributed by atoms with Crippen molar-refractivity contribution in [3.8, 4) is 0 Å². The normalized spacial score (nSPS) is 20.5. The van der Waals surface area contributed by atoms with Crippen molar-refractivity contribution in [1.82, 2.24) is 14.2 Å². The highest BCUT2D eigenvalue weighted by molar-refractivity contribution is 7.85. The highest BCUT2D eigenvalue weighted by Gasteiger charge is 2.37. The van der Waals surface area contributed by atoms with Crippen molar-refractivity contribution >= 4 is 62.2 Å². The first-order chi connectivity index (χ1) is 15.0. The van der Waals surface area contributed by atoms with Gasteiger partial charge in [0.05, 0.1) is 12.7 Å². The molecular formula is C19H23ClN4O4S3. The van der Waals surface area contributed by atoms with E-state index in [9.17, 15) is 13.8 Å². The molecule has 2 saturated heterocycles. The predicted octanol–water partition coefficient (Wildman–Crippen LogP) is 2.85. The number of rotatable bonds is 7. The van der Waals surface area contributed by atoms with Crippen molar-refractivity contribution in [2.24, 2.45) is 5.92 Å². The van der Waals surface area contributed by atoms with Gasteiger partial charge in [-0.1, -0.05) is 29.0 Å². The van der Waals surface area contributed by atoms with E-state index in [1.807, 2.05) is 11.4 Å². The number of ether oxygens (including phenoxy) is 1. The Labute approximate surface area is 196 Å². The number of thiazole rings is 1. The molecule has 1 N–H and O–H groups in total. The molecule has 2 fully saturated rings. The van der Waals surface area contributed by atoms with Crippen molar-refractivity contribution in [2.75, 3.05) is 38.2 Å². The van der Waals surface area contributed by atoms with E-state index in [1.54, 1.807) is 15.3 Å². The van der Waals surface area contributed by atoms with Gasteiger partial charge in [-0.15, -0.1) is 11.3 Å². The number of halogens is 1. The van der Waals surface area contributed by atoms with Crippen LogP contribution in [-0.2, 0) is 25.3 Å². The molecule has 2 aromatic rings. The number of amides is 2. The summed E-state index contributed by atoms with van der Waals surface area (Å²) in [6, 6.07) is 3.03. The number of nitrogens with zero attached hydrogens (tertiary/aromatic N) is 3. The van der Waals surface area contributed by atoms with Gasteiger partial charge >= 0.3 is 0 Å². The first kappa shape index (κ1) is 22.8. The van der Waals surface area contributed by atoms with E-state index in [2.05, 4.69) is 10.3 Å². The molecule has 8 nitrogen and oxygen atoms in total. The maximum Gasteiger partial charge on any atom is 0.248 e. The number of carbonyl (C=O) groups excluding carboxylic acids is 2. The highest BCUT2D eigenvalue weighted by Crippen LogP contribution is 2.27. The summed E-state index contributed by atoms with van der Waals surface area (Å²) in [4.78, 5) is 31.9. The van der Waals surface area contributed by atoms with Gasteiger partial charge in [-0.25, -0.2) is 13.5 Å². The fourth-order valence-corrected chi connectivity index (χ4v) is 6.80. The van der Waals surface area contributed by atoms with Gasteiger partial charge in [-0.3, -0.25) is 9.59 Å². The lowest BCUT2D eigenvalue weighted by molar-refractivity contribution is -0.142. The fourth-order valence-electron chi connectivity index (χ4n) is 3.80. The molecular weight excluding hydrogens is 480 g/mol. The summed E-state index contributed by atoms with van der Waals surface area (Å²) in [7, 11) is -1.37. The van der Waals surface area contributed by atoms with Crippen LogP contribution in [0, 0.1) is 5.92 Å². The lowest BCUT2D eigenvalue weighted by Gasteiger charge is -2.39. The molecule has 4 heterocycles. The van der Waals surface area contributed by atoms with Crippen LogP contribution in [0.2, 0.25) is 4.34 Å². The molecule has 0 aromatic carbocycles. The molecule has 168 valence electrons. The molecule has 0 spiro atoms. The quantitative estimate of drug-likeness (QED) is 0.628. The predicted molar refractivity (Wildman–Crippen MR) is 122 cm³/mol. The van der Waals surface area contributed by atoms with E-state index in [-0.39, 0.29) is 18.4 Å². The second-order valence-corrected chi connectivity index (χ2v) is 11.7. The number of carbonyl (C=O) groups is 2. The maximum atomic E-state index is 13.2. The minimum Gasteiger partial charge on any atom is -0.381 e. The minimum atomic E-state index is -1.37. The standard InChI is InChI=1S/C19H23ClN4O4S3/c20-15-11-21-19(30-15)22-18(26)14(10-13-3-7-28-8-4-13)24-6-5-23(12-16(24)25)31(27)17-2-1-9-29-17/h1-2,9,11,13-14H,3-8,10,12H2,(H,21,22,26). The molecule has 2 amide bonds. The Bertz CT molecular complexity index is 932. The molecule has 0 radical (unpaired) electrons. The topological polar surface area (TPSA) is 91.8 Å². The first-order valence-electron chi connectivity index (χ1n) is 10.0. The smallest absolute Gasteiger partial charge is 0.248 e. The monoisotopic (exact) mass is 502 g/mol. The Morgan fingerprint density at radius 3 is 2.84 bits per heavy atom. The molecule has 0 bridgehead atoms. The zero-order chi connectivity index (χ0) is 21.8. The van der Waals surface area contributed by atoms with E-state index in [0.717, 1.165) is 17.1 Å². The number of hydrogen-bond acceptors (Lipinski definition) is 7. The van der Waals surface area contributed by atoms with E-state index in [0.29, 0.717) is 48.1 Å². The Balaban J connectivity index is 1.46. The second kappa shape index (κ2) is 10.5. The number of aromatic nitrogens is 1. The molecule has 2 aliphatic heterocycles. The molecule has 2 unspecified atom stereocenters. The van der Waals surface area contributed by atoms with Gasteiger partial charge in [-0.05, 0) is 36.6 Å². The van der Waals surface area contributed by atoms with Crippen molar-refractivity contribution in [3.05, 3.63) is 28.0 Å². The number of nitrogens with one attached hydrogen (secondary N) is 1. The molecule has 0 saturated carbocycles. The molecule has 2 atom stereocenters. The van der Waals surface area contributed by atoms with Gasteiger partial charge in [0.25, 0.3) is 0 Å². The number of hydrogen-bond donors (Lipinski definition) is 1. The first-order valence-corrected chi connectivity index (χ1v) is 13.2. The largest absolute Gasteiger partial charge is 0.381 e. The van der Waals surface area contributed by atoms with Gasteiger partial charge in [0, 0.05) is 26.3 Å². The van der Waals surface area contributed by atoms with Crippen LogP contribution in [0.25, 0.3) is 0 Å². The van der Waals surface area contributed by atoms with Crippen LogP contribution >= 0.6 is 34.3 Å². The fraction of sp³-hybridized carbons (Fsp3) is 0.526. The summed E-state index contributed by atoms with van der Waals surface area (Å²) < 4.78 is 21.0. The molecule has 4 rings (SSSR count). The number of piperazine rings is 1. The third-order valence-corrected chi connectivity index (χ3v) is 9.08. The van der Waals surface area contributed by atoms with Crippen LogP contribution in [-0.4, -0.2) is 69.1 Å². The average Bonchev–Trinajstić information content (AvgIpc) is 3.44. The molecule has 12 heteroatoms. The van der Waals surface area contributed by atoms with Crippen molar-refractivity contribution in [3.63, 3.8) is 0 Å². The minimum absolute atomic E-state index is 0.0190. The van der Waals surface area contributed by atoms with Crippen LogP contribution in [0.1, 0.15) is 19.3 Å². The number of thiophene rings is 1. The van der Waals surface area contributed by atoms with E-state index in [1.165, 1.54) is 28.9 Å². The molecule has 31 heavy (non-hydrogen) atoms. The Kier molecular flexibility index (Phi) is 7.72. The van der Waals surface area contributed by atoms with Crippen molar-refractivity contribution in [2.45, 2.75) is 29.5 Å². The van der Waals surface area contributed by atoms with E-state index >= 15 is 0 Å². The Morgan fingerprint density at radius 2 is 2.19 bits per heavy atom. The van der Waals surface area contributed by atoms with Gasteiger partial charge in [0.2, 0.25) is 11.8 Å². The van der Waals surface area contributed by atoms with Gasteiger partial charge in [0.15, 0.2) is 5.13 Å². The van der Waals surface area contributed by atoms with Crippen LogP contribution < -0.4 is 5.32 Å². The zero-order valence-electron chi connectivity index (χ0n) is 16.7. The highest BCUT2D eigenvalue weighted by atomic mass is 35.5. The van der Waals surface area contributed by atoms with Crippen molar-refractivity contribution < 1.29 is 18.5 Å². The lowest BCUT2D eigenvalue weighted by atomic mass is 9.91. The third-order valence-electron chi connectivity index (χ3n) is 5.41. The van der Waals surface area contributed by atoms with Crippen LogP contribution in [0.15, 0.2) is 27.9 Å². The van der Waals surface area contributed by atoms with Crippen LogP contribution in [0.5, 0.6) is 0 Å². The van der Waals surface area contributed by atoms with Crippen molar-refractivity contribution in [1.29, 1.82) is 0 Å². The summed E-state index contributed by atoms with van der Waals surface area (Å²) in [6.45, 7) is 2.14. The van der Waals surface area contributed by atoms with E-state index in [4.69, 9.17) is 16.3 Å². The summed E-state index contributed by atoms with van der Waals surface area (Å²) in [5.41, 5.74) is 0. The van der Waals surface area contributed by atoms with Crippen LogP contribution in [0.4, 0.5) is 5.13 Å². The lowest BCUT2D eigenvalue weighted by Crippen LogP contribution is -2.57. The summed E-state index contributed by atoms with van der Waals surface area (Å²) in [5, 5.41) is 5.09. The average molecular weight is 503 g/mol. The SMILES string of the molecule is O=C(Nc1ncc(Cl)s1)C(CC1CCOCC1)N1CCN(S(=O)c2cccs2)CC1=O. The maximum absolute atomic E-state index is 13.2. The summed E-state index contributed by atoms with van der Waals surface area (Å²) in [6.07, 6.45) is 3.78. The number of anilines is 1. The van der Waals surface area contributed by atoms with Crippen LogP contribution in [0.3, 0.4) is 0 Å². The Morgan fingerprint density at radius 1 is 1.39 bits per heavy atom.